The molecular weight excluding hydrogens is 442 g/mol. The predicted octanol–water partition coefficient (Wildman–Crippen LogP) is 3.66. The van der Waals surface area contributed by atoms with Gasteiger partial charge in [-0.1, -0.05) is 12.1 Å². The number of fused-ring (bicyclic) bond motifs is 1. The van der Waals surface area contributed by atoms with Crippen molar-refractivity contribution in [1.29, 1.82) is 0 Å². The average Bonchev–Trinajstić information content (AvgIpc) is 3.19. The maximum absolute atomic E-state index is 13.1. The number of nitrogens with zero attached hydrogens (tertiary/aromatic N) is 2. The monoisotopic (exact) mass is 471 g/mol. The van der Waals surface area contributed by atoms with Crippen molar-refractivity contribution in [2.75, 3.05) is 25.9 Å². The molecule has 1 aliphatic rings. The van der Waals surface area contributed by atoms with Gasteiger partial charge in [-0.3, -0.25) is 4.79 Å². The van der Waals surface area contributed by atoms with Crippen molar-refractivity contribution in [3.8, 4) is 0 Å². The van der Waals surface area contributed by atoms with Gasteiger partial charge >= 0.3 is 0 Å². The van der Waals surface area contributed by atoms with Crippen molar-refractivity contribution in [1.82, 2.24) is 14.2 Å². The molecule has 0 radical (unpaired) electrons. The molecule has 0 aliphatic carbocycles. The third-order valence-corrected chi connectivity index (χ3v) is 8.83. The molecule has 1 fully saturated rings. The van der Waals surface area contributed by atoms with Crippen LogP contribution in [0.2, 0.25) is 0 Å². The van der Waals surface area contributed by atoms with E-state index in [4.69, 9.17) is 0 Å². The van der Waals surface area contributed by atoms with E-state index in [2.05, 4.69) is 29.6 Å². The second kappa shape index (κ2) is 9.68. The number of hydrogen-bond donors (Lipinski definition) is 1. The maximum atomic E-state index is 13.1. The minimum absolute atomic E-state index is 0.0217. The molecule has 2 heterocycles. The van der Waals surface area contributed by atoms with Gasteiger partial charge in [-0.05, 0) is 67.5 Å². The summed E-state index contributed by atoms with van der Waals surface area (Å²) in [5.74, 6) is -0.120. The number of benzene rings is 2. The Bertz CT molecular complexity index is 1190. The van der Waals surface area contributed by atoms with E-state index in [9.17, 15) is 13.2 Å². The zero-order valence-electron chi connectivity index (χ0n) is 18.5. The van der Waals surface area contributed by atoms with Crippen LogP contribution in [-0.4, -0.2) is 49.1 Å². The van der Waals surface area contributed by atoms with Crippen LogP contribution in [0, 0.1) is 5.92 Å². The van der Waals surface area contributed by atoms with Gasteiger partial charge in [0.25, 0.3) is 0 Å². The molecule has 1 N–H and O–H groups in total. The maximum Gasteiger partial charge on any atom is 0.243 e. The second-order valence-electron chi connectivity index (χ2n) is 8.21. The van der Waals surface area contributed by atoms with E-state index >= 15 is 0 Å². The lowest BCUT2D eigenvalue weighted by Crippen LogP contribution is -2.43. The quantitative estimate of drug-likeness (QED) is 0.534. The first-order chi connectivity index (χ1) is 15.4. The Labute approximate surface area is 194 Å². The highest BCUT2D eigenvalue weighted by atomic mass is 32.2. The van der Waals surface area contributed by atoms with Gasteiger partial charge in [-0.2, -0.15) is 4.31 Å². The van der Waals surface area contributed by atoms with E-state index in [1.165, 1.54) is 14.8 Å². The first kappa shape index (κ1) is 22.9. The van der Waals surface area contributed by atoms with Crippen molar-refractivity contribution in [2.45, 2.75) is 29.1 Å². The highest BCUT2D eigenvalue weighted by Gasteiger charge is 2.32. The van der Waals surface area contributed by atoms with Gasteiger partial charge in [0, 0.05) is 54.6 Å². The lowest BCUT2D eigenvalue weighted by Gasteiger charge is -2.30. The Morgan fingerprint density at radius 2 is 1.81 bits per heavy atom. The number of sulfonamides is 1. The van der Waals surface area contributed by atoms with E-state index in [1.54, 1.807) is 23.9 Å². The second-order valence-corrected chi connectivity index (χ2v) is 11.0. The lowest BCUT2D eigenvalue weighted by molar-refractivity contribution is -0.126. The van der Waals surface area contributed by atoms with Gasteiger partial charge in [0.15, 0.2) is 0 Å². The molecule has 1 amide bonds. The van der Waals surface area contributed by atoms with Crippen LogP contribution in [0.4, 0.5) is 0 Å². The van der Waals surface area contributed by atoms with E-state index in [1.807, 2.05) is 36.2 Å². The van der Waals surface area contributed by atoms with E-state index < -0.39 is 10.0 Å². The number of carbonyl (C=O) groups is 1. The number of amides is 1. The van der Waals surface area contributed by atoms with Crippen LogP contribution in [0.3, 0.4) is 0 Å². The van der Waals surface area contributed by atoms with Crippen molar-refractivity contribution in [3.63, 3.8) is 0 Å². The molecule has 0 bridgehead atoms. The van der Waals surface area contributed by atoms with Crippen LogP contribution in [0.25, 0.3) is 10.9 Å². The molecule has 0 saturated carbocycles. The molecule has 1 aliphatic heterocycles. The molecule has 0 spiro atoms. The molecule has 0 unspecified atom stereocenters. The van der Waals surface area contributed by atoms with E-state index in [0.717, 1.165) is 17.3 Å². The third-order valence-electron chi connectivity index (χ3n) is 6.19. The average molecular weight is 472 g/mol. The summed E-state index contributed by atoms with van der Waals surface area (Å²) in [4.78, 5) is 14.1. The van der Waals surface area contributed by atoms with Crippen molar-refractivity contribution < 1.29 is 13.2 Å². The lowest BCUT2D eigenvalue weighted by atomic mass is 9.97. The molecule has 6 nitrogen and oxygen atoms in total. The Morgan fingerprint density at radius 3 is 2.50 bits per heavy atom. The summed E-state index contributed by atoms with van der Waals surface area (Å²) >= 11 is 1.71. The third kappa shape index (κ3) is 4.87. The molecule has 170 valence electrons. The van der Waals surface area contributed by atoms with Crippen molar-refractivity contribution >= 4 is 38.6 Å². The van der Waals surface area contributed by atoms with Crippen LogP contribution in [-0.2, 0) is 28.3 Å². The molecule has 2 aromatic carbocycles. The summed E-state index contributed by atoms with van der Waals surface area (Å²) in [5, 5.41) is 3.93. The minimum atomic E-state index is -3.56. The zero-order chi connectivity index (χ0) is 22.7. The summed E-state index contributed by atoms with van der Waals surface area (Å²) in [6.07, 6.45) is 5.84. The number of piperidine rings is 1. The van der Waals surface area contributed by atoms with Gasteiger partial charge in [0.2, 0.25) is 15.9 Å². The minimum Gasteiger partial charge on any atom is -0.356 e. The number of aromatic nitrogens is 1. The number of aryl methyl sites for hydroxylation is 1. The number of thioether (sulfide) groups is 1. The fourth-order valence-corrected chi connectivity index (χ4v) is 6.11. The Balaban J connectivity index is 1.29. The molecule has 4 rings (SSSR count). The Kier molecular flexibility index (Phi) is 6.93. The largest absolute Gasteiger partial charge is 0.356 e. The van der Waals surface area contributed by atoms with Crippen molar-refractivity contribution in [2.24, 2.45) is 13.0 Å². The van der Waals surface area contributed by atoms with Gasteiger partial charge in [0.05, 0.1) is 4.90 Å². The van der Waals surface area contributed by atoms with Crippen LogP contribution in [0.5, 0.6) is 0 Å². The first-order valence-corrected chi connectivity index (χ1v) is 13.5. The van der Waals surface area contributed by atoms with Crippen LogP contribution >= 0.6 is 11.8 Å². The van der Waals surface area contributed by atoms with Crippen LogP contribution in [0.1, 0.15) is 18.4 Å². The molecule has 1 saturated heterocycles. The molecule has 8 heteroatoms. The number of nitrogens with one attached hydrogen (secondary N) is 1. The Hall–Kier alpha value is -2.29. The highest BCUT2D eigenvalue weighted by Crippen LogP contribution is 2.26. The highest BCUT2D eigenvalue weighted by molar-refractivity contribution is 7.98. The van der Waals surface area contributed by atoms with Gasteiger partial charge in [0.1, 0.15) is 0 Å². The summed E-state index contributed by atoms with van der Waals surface area (Å²) in [5.41, 5.74) is 2.19. The fraction of sp³-hybridized carbons (Fsp3) is 0.375. The fourth-order valence-electron chi connectivity index (χ4n) is 4.19. The molecule has 0 atom stereocenters. The van der Waals surface area contributed by atoms with Gasteiger partial charge in [-0.15, -0.1) is 11.8 Å². The number of hydrogen-bond acceptors (Lipinski definition) is 4. The molecule has 3 aromatic rings. The molecule has 32 heavy (non-hydrogen) atoms. The van der Waals surface area contributed by atoms with E-state index in [0.29, 0.717) is 37.4 Å². The van der Waals surface area contributed by atoms with Gasteiger partial charge < -0.3 is 9.88 Å². The summed E-state index contributed by atoms with van der Waals surface area (Å²) in [6, 6.07) is 15.5. The normalized spacial score (nSPS) is 15.8. The summed E-state index contributed by atoms with van der Waals surface area (Å²) in [7, 11) is -1.62. The molecular formula is C24H29N3O3S2. The van der Waals surface area contributed by atoms with Crippen molar-refractivity contribution in [3.05, 3.63) is 60.3 Å². The zero-order valence-corrected chi connectivity index (χ0v) is 20.1. The number of rotatable bonds is 7. The van der Waals surface area contributed by atoms with Crippen LogP contribution < -0.4 is 5.32 Å². The number of carbonyl (C=O) groups excluding carboxylic acids is 1. The topological polar surface area (TPSA) is 71.4 Å². The van der Waals surface area contributed by atoms with Gasteiger partial charge in [-0.25, -0.2) is 8.42 Å². The predicted molar refractivity (Wildman–Crippen MR) is 129 cm³/mol. The SMILES string of the molecule is CSc1ccc(CCNC(=O)C2CCN(S(=O)(=O)c3ccc4c(ccn4C)c3)CC2)cc1. The summed E-state index contributed by atoms with van der Waals surface area (Å²) in [6.45, 7) is 1.32. The first-order valence-electron chi connectivity index (χ1n) is 10.8. The smallest absolute Gasteiger partial charge is 0.243 e. The van der Waals surface area contributed by atoms with Crippen LogP contribution in [0.15, 0.2) is 64.5 Å². The molecule has 1 aromatic heterocycles. The summed E-state index contributed by atoms with van der Waals surface area (Å²) < 4.78 is 29.7. The Morgan fingerprint density at radius 1 is 1.09 bits per heavy atom. The van der Waals surface area contributed by atoms with E-state index in [-0.39, 0.29) is 11.8 Å². The standard InChI is InChI=1S/C24H29N3O3S2/c1-26-14-10-20-17-22(7-8-23(20)26)32(29,30)27-15-11-19(12-16-27)24(28)25-13-9-18-3-5-21(31-2)6-4-18/h3-8,10,14,17,19H,9,11-13,15-16H2,1-2H3,(H,25,28).